The Balaban J connectivity index is 3.29. The second-order valence-electron chi connectivity index (χ2n) is 3.88. The van der Waals surface area contributed by atoms with Crippen molar-refractivity contribution in [3.8, 4) is 17.2 Å². The Labute approximate surface area is 112 Å². The highest BCUT2D eigenvalue weighted by molar-refractivity contribution is 5.83. The topological polar surface area (TPSA) is 100 Å². The summed E-state index contributed by atoms with van der Waals surface area (Å²) in [5.74, 6) is 6.34. The fourth-order valence-electron chi connectivity index (χ4n) is 1.65. The number of nitrogens with zero attached hydrogens (tertiary/aromatic N) is 1. The third-order valence-corrected chi connectivity index (χ3v) is 2.68. The van der Waals surface area contributed by atoms with E-state index in [0.29, 0.717) is 22.8 Å². The zero-order chi connectivity index (χ0) is 14.6. The van der Waals surface area contributed by atoms with Crippen LogP contribution in [-0.2, 0) is 4.79 Å². The summed E-state index contributed by atoms with van der Waals surface area (Å²) >= 11 is 0. The number of methoxy groups -OCH3 is 3. The minimum atomic E-state index is -0.940. The van der Waals surface area contributed by atoms with Crippen molar-refractivity contribution in [1.29, 1.82) is 0 Å². The van der Waals surface area contributed by atoms with E-state index in [9.17, 15) is 4.79 Å². The zero-order valence-electron chi connectivity index (χ0n) is 11.5. The van der Waals surface area contributed by atoms with Gasteiger partial charge in [0.1, 0.15) is 11.8 Å². The molecule has 106 valence electrons. The van der Waals surface area contributed by atoms with Gasteiger partial charge in [-0.1, -0.05) is 0 Å². The first-order valence-electron chi connectivity index (χ1n) is 5.54. The summed E-state index contributed by atoms with van der Waals surface area (Å²) in [7, 11) is 5.91. The van der Waals surface area contributed by atoms with Crippen LogP contribution in [0.1, 0.15) is 11.6 Å². The van der Waals surface area contributed by atoms with Crippen LogP contribution in [0.3, 0.4) is 0 Å². The molecule has 4 N–H and O–H groups in total. The minimum absolute atomic E-state index is 0.431. The van der Waals surface area contributed by atoms with Crippen LogP contribution in [0.15, 0.2) is 12.1 Å². The van der Waals surface area contributed by atoms with E-state index in [0.717, 1.165) is 5.01 Å². The molecule has 0 saturated carbocycles. The SMILES string of the molecule is COc1cc(OC)c(C(N)C(=O)N(C)N)cc1OC. The second-order valence-corrected chi connectivity index (χ2v) is 3.88. The number of nitrogens with two attached hydrogens (primary N) is 2. The third kappa shape index (κ3) is 3.07. The van der Waals surface area contributed by atoms with Crippen molar-refractivity contribution >= 4 is 5.91 Å². The number of benzene rings is 1. The van der Waals surface area contributed by atoms with Gasteiger partial charge < -0.3 is 19.9 Å². The molecule has 7 heteroatoms. The molecule has 0 radical (unpaired) electrons. The summed E-state index contributed by atoms with van der Waals surface area (Å²) in [4.78, 5) is 11.8. The van der Waals surface area contributed by atoms with E-state index in [-0.39, 0.29) is 0 Å². The van der Waals surface area contributed by atoms with Crippen LogP contribution < -0.4 is 25.8 Å². The zero-order valence-corrected chi connectivity index (χ0v) is 11.5. The first kappa shape index (κ1) is 15.1. The summed E-state index contributed by atoms with van der Waals surface area (Å²) in [6.45, 7) is 0. The molecule has 0 spiro atoms. The summed E-state index contributed by atoms with van der Waals surface area (Å²) < 4.78 is 15.5. The standard InChI is InChI=1S/C12H19N3O4/c1-15(14)12(16)11(13)7-5-9(18-3)10(19-4)6-8(7)17-2/h5-6,11H,13-14H2,1-4H3. The monoisotopic (exact) mass is 269 g/mol. The van der Waals surface area contributed by atoms with Gasteiger partial charge in [0.2, 0.25) is 0 Å². The van der Waals surface area contributed by atoms with Crippen LogP contribution in [0, 0.1) is 0 Å². The Bertz CT molecular complexity index is 463. The van der Waals surface area contributed by atoms with Gasteiger partial charge in [0.25, 0.3) is 5.91 Å². The van der Waals surface area contributed by atoms with E-state index in [1.165, 1.54) is 28.4 Å². The number of hydrogen-bond acceptors (Lipinski definition) is 6. The van der Waals surface area contributed by atoms with Gasteiger partial charge in [-0.3, -0.25) is 9.80 Å². The van der Waals surface area contributed by atoms with Crippen LogP contribution in [0.5, 0.6) is 17.2 Å². The van der Waals surface area contributed by atoms with Gasteiger partial charge in [-0.2, -0.15) is 0 Å². The van der Waals surface area contributed by atoms with E-state index in [2.05, 4.69) is 0 Å². The van der Waals surface area contributed by atoms with Crippen LogP contribution in [-0.4, -0.2) is 39.3 Å². The minimum Gasteiger partial charge on any atom is -0.496 e. The molecule has 1 unspecified atom stereocenters. The smallest absolute Gasteiger partial charge is 0.257 e. The molecule has 1 amide bonds. The van der Waals surface area contributed by atoms with Crippen molar-refractivity contribution in [2.24, 2.45) is 11.6 Å². The molecule has 0 aliphatic carbocycles. The largest absolute Gasteiger partial charge is 0.496 e. The van der Waals surface area contributed by atoms with Crippen molar-refractivity contribution in [2.45, 2.75) is 6.04 Å². The number of carbonyl (C=O) groups is 1. The molecule has 0 fully saturated rings. The quantitative estimate of drug-likeness (QED) is 0.445. The number of likely N-dealkylation sites (N-methyl/N-ethyl adjacent to an activating group) is 1. The molecule has 0 aromatic heterocycles. The Kier molecular flexibility index (Phi) is 4.96. The summed E-state index contributed by atoms with van der Waals surface area (Å²) in [6, 6.07) is 2.27. The van der Waals surface area contributed by atoms with Gasteiger partial charge >= 0.3 is 0 Å². The number of amides is 1. The van der Waals surface area contributed by atoms with Gasteiger partial charge in [-0.25, -0.2) is 5.84 Å². The lowest BCUT2D eigenvalue weighted by atomic mass is 10.0. The number of rotatable bonds is 5. The van der Waals surface area contributed by atoms with Crippen LogP contribution >= 0.6 is 0 Å². The number of ether oxygens (including phenoxy) is 3. The highest BCUT2D eigenvalue weighted by Gasteiger charge is 2.24. The number of carbonyl (C=O) groups excluding carboxylic acids is 1. The average molecular weight is 269 g/mol. The summed E-state index contributed by atoms with van der Waals surface area (Å²) in [6.07, 6.45) is 0. The highest BCUT2D eigenvalue weighted by Crippen LogP contribution is 2.37. The molecular weight excluding hydrogens is 250 g/mol. The second kappa shape index (κ2) is 6.26. The maximum absolute atomic E-state index is 11.8. The lowest BCUT2D eigenvalue weighted by Crippen LogP contribution is -2.40. The molecule has 1 rings (SSSR count). The first-order valence-corrected chi connectivity index (χ1v) is 5.54. The maximum atomic E-state index is 11.8. The molecule has 1 aromatic rings. The Morgan fingerprint density at radius 3 is 2.00 bits per heavy atom. The van der Waals surface area contributed by atoms with Crippen LogP contribution in [0.4, 0.5) is 0 Å². The van der Waals surface area contributed by atoms with Crippen molar-refractivity contribution in [3.05, 3.63) is 17.7 Å². The van der Waals surface area contributed by atoms with Gasteiger partial charge in [0.15, 0.2) is 11.5 Å². The lowest BCUT2D eigenvalue weighted by Gasteiger charge is -2.20. The summed E-state index contributed by atoms with van der Waals surface area (Å²) in [5, 5.41) is 0.931. The van der Waals surface area contributed by atoms with Crippen molar-refractivity contribution in [2.75, 3.05) is 28.4 Å². The average Bonchev–Trinajstić information content (AvgIpc) is 2.43. The first-order chi connectivity index (χ1) is 8.96. The number of hydrogen-bond donors (Lipinski definition) is 2. The Hall–Kier alpha value is -1.99. The van der Waals surface area contributed by atoms with Gasteiger partial charge in [-0.15, -0.1) is 0 Å². The third-order valence-electron chi connectivity index (χ3n) is 2.68. The molecule has 0 aliphatic rings. The van der Waals surface area contributed by atoms with E-state index in [1.807, 2.05) is 0 Å². The molecular formula is C12H19N3O4. The van der Waals surface area contributed by atoms with Crippen molar-refractivity contribution in [1.82, 2.24) is 5.01 Å². The van der Waals surface area contributed by atoms with Gasteiger partial charge in [0, 0.05) is 18.7 Å². The maximum Gasteiger partial charge on any atom is 0.257 e. The van der Waals surface area contributed by atoms with E-state index >= 15 is 0 Å². The predicted octanol–water partition coefficient (Wildman–Crippen LogP) is 0.0443. The van der Waals surface area contributed by atoms with E-state index in [4.69, 9.17) is 25.8 Å². The summed E-state index contributed by atoms with van der Waals surface area (Å²) in [5.41, 5.74) is 6.36. The fraction of sp³-hybridized carbons (Fsp3) is 0.417. The van der Waals surface area contributed by atoms with Crippen LogP contribution in [0.25, 0.3) is 0 Å². The molecule has 0 saturated heterocycles. The molecule has 1 atom stereocenters. The lowest BCUT2D eigenvalue weighted by molar-refractivity contribution is -0.131. The van der Waals surface area contributed by atoms with Gasteiger partial charge in [0.05, 0.1) is 21.3 Å². The molecule has 0 bridgehead atoms. The molecule has 7 nitrogen and oxygen atoms in total. The molecule has 0 heterocycles. The van der Waals surface area contributed by atoms with E-state index < -0.39 is 11.9 Å². The molecule has 0 aliphatic heterocycles. The molecule has 19 heavy (non-hydrogen) atoms. The van der Waals surface area contributed by atoms with Crippen LogP contribution in [0.2, 0.25) is 0 Å². The Morgan fingerprint density at radius 2 is 1.58 bits per heavy atom. The molecule has 1 aromatic carbocycles. The highest BCUT2D eigenvalue weighted by atomic mass is 16.5. The van der Waals surface area contributed by atoms with Gasteiger partial charge in [-0.05, 0) is 6.07 Å². The fourth-order valence-corrected chi connectivity index (χ4v) is 1.65. The Morgan fingerprint density at radius 1 is 1.11 bits per heavy atom. The van der Waals surface area contributed by atoms with Crippen molar-refractivity contribution in [3.63, 3.8) is 0 Å². The predicted molar refractivity (Wildman–Crippen MR) is 70.0 cm³/mol. The van der Waals surface area contributed by atoms with E-state index in [1.54, 1.807) is 12.1 Å². The van der Waals surface area contributed by atoms with Crippen molar-refractivity contribution < 1.29 is 19.0 Å². The number of hydrazine groups is 1. The normalized spacial score (nSPS) is 11.7.